The number of halogens is 2. The molecule has 0 spiro atoms. The average Bonchev–Trinajstić information content (AvgIpc) is 2.86. The standard InChI is InChI=1S/C19H18F2N2O2/c20-16-8-7-13(11-17(16)21)12-22-9-3-4-10-23-18(24)14-5-1-2-6-15(14)19(23)25/h1-2,5-8,11,22H,3-4,9-10,12H2. The van der Waals surface area contributed by atoms with Gasteiger partial charge in [0.1, 0.15) is 0 Å². The number of hydrogen-bond donors (Lipinski definition) is 1. The fourth-order valence-electron chi connectivity index (χ4n) is 2.84. The van der Waals surface area contributed by atoms with Gasteiger partial charge in [-0.3, -0.25) is 14.5 Å². The predicted molar refractivity (Wildman–Crippen MR) is 89.1 cm³/mol. The van der Waals surface area contributed by atoms with Crippen molar-refractivity contribution in [3.05, 3.63) is 70.8 Å². The van der Waals surface area contributed by atoms with Gasteiger partial charge in [-0.2, -0.15) is 0 Å². The molecule has 1 heterocycles. The van der Waals surface area contributed by atoms with E-state index < -0.39 is 11.6 Å². The maximum absolute atomic E-state index is 13.1. The molecule has 0 unspecified atom stereocenters. The molecular weight excluding hydrogens is 326 g/mol. The van der Waals surface area contributed by atoms with Gasteiger partial charge in [-0.25, -0.2) is 8.78 Å². The van der Waals surface area contributed by atoms with Gasteiger partial charge in [0.25, 0.3) is 11.8 Å². The number of unbranched alkanes of at least 4 members (excludes halogenated alkanes) is 1. The minimum absolute atomic E-state index is 0.240. The van der Waals surface area contributed by atoms with E-state index in [9.17, 15) is 18.4 Å². The van der Waals surface area contributed by atoms with Gasteiger partial charge in [-0.05, 0) is 49.2 Å². The quantitative estimate of drug-likeness (QED) is 0.620. The monoisotopic (exact) mass is 344 g/mol. The molecule has 0 aromatic heterocycles. The second-order valence-corrected chi connectivity index (χ2v) is 5.94. The van der Waals surface area contributed by atoms with Gasteiger partial charge in [-0.1, -0.05) is 18.2 Å². The van der Waals surface area contributed by atoms with Crippen molar-refractivity contribution in [3.63, 3.8) is 0 Å². The Bertz CT molecular complexity index is 773. The maximum Gasteiger partial charge on any atom is 0.261 e. The Morgan fingerprint density at radius 3 is 2.20 bits per heavy atom. The summed E-state index contributed by atoms with van der Waals surface area (Å²) in [6, 6.07) is 10.6. The molecule has 0 saturated heterocycles. The van der Waals surface area contributed by atoms with Crippen molar-refractivity contribution >= 4 is 11.8 Å². The molecule has 130 valence electrons. The summed E-state index contributed by atoms with van der Waals surface area (Å²) in [7, 11) is 0. The molecule has 2 amide bonds. The predicted octanol–water partition coefficient (Wildman–Crippen LogP) is 3.13. The molecule has 1 aliphatic rings. The lowest BCUT2D eigenvalue weighted by atomic mass is 10.1. The summed E-state index contributed by atoms with van der Waals surface area (Å²) in [6.07, 6.45) is 1.44. The fraction of sp³-hybridized carbons (Fsp3) is 0.263. The van der Waals surface area contributed by atoms with Crippen LogP contribution in [0.15, 0.2) is 42.5 Å². The molecule has 4 nitrogen and oxygen atoms in total. The third kappa shape index (κ3) is 3.74. The Morgan fingerprint density at radius 1 is 0.880 bits per heavy atom. The summed E-state index contributed by atoms with van der Waals surface area (Å²) < 4.78 is 25.9. The van der Waals surface area contributed by atoms with Crippen LogP contribution in [0.25, 0.3) is 0 Å². The van der Waals surface area contributed by atoms with Crippen molar-refractivity contribution in [1.29, 1.82) is 0 Å². The van der Waals surface area contributed by atoms with Gasteiger partial charge >= 0.3 is 0 Å². The maximum atomic E-state index is 13.1. The molecule has 6 heteroatoms. The van der Waals surface area contributed by atoms with Crippen LogP contribution >= 0.6 is 0 Å². The van der Waals surface area contributed by atoms with E-state index in [0.29, 0.717) is 42.7 Å². The first-order valence-corrected chi connectivity index (χ1v) is 8.18. The summed E-state index contributed by atoms with van der Waals surface area (Å²) in [5.74, 6) is -2.19. The van der Waals surface area contributed by atoms with Gasteiger partial charge in [0.2, 0.25) is 0 Å². The number of fused-ring (bicyclic) bond motifs is 1. The molecule has 25 heavy (non-hydrogen) atoms. The molecule has 1 aliphatic heterocycles. The number of nitrogens with zero attached hydrogens (tertiary/aromatic N) is 1. The van der Waals surface area contributed by atoms with Crippen molar-refractivity contribution in [1.82, 2.24) is 10.2 Å². The molecule has 0 saturated carbocycles. The highest BCUT2D eigenvalue weighted by molar-refractivity contribution is 6.21. The lowest BCUT2D eigenvalue weighted by Crippen LogP contribution is -2.31. The third-order valence-electron chi connectivity index (χ3n) is 4.18. The topological polar surface area (TPSA) is 49.4 Å². The largest absolute Gasteiger partial charge is 0.313 e. The van der Waals surface area contributed by atoms with Crippen LogP contribution in [0, 0.1) is 11.6 Å². The lowest BCUT2D eigenvalue weighted by molar-refractivity contribution is 0.0651. The zero-order valence-electron chi connectivity index (χ0n) is 13.6. The van der Waals surface area contributed by atoms with E-state index in [0.717, 1.165) is 12.5 Å². The number of carbonyl (C=O) groups excluding carboxylic acids is 2. The molecule has 0 aliphatic carbocycles. The molecule has 1 N–H and O–H groups in total. The number of carbonyl (C=O) groups is 2. The Labute approximate surface area is 144 Å². The molecule has 0 fully saturated rings. The molecule has 0 radical (unpaired) electrons. The van der Waals surface area contributed by atoms with Gasteiger partial charge in [0.15, 0.2) is 11.6 Å². The number of hydrogen-bond acceptors (Lipinski definition) is 3. The van der Waals surface area contributed by atoms with E-state index in [4.69, 9.17) is 0 Å². The Kier molecular flexibility index (Phi) is 5.19. The molecule has 0 atom stereocenters. The first kappa shape index (κ1) is 17.2. The summed E-state index contributed by atoms with van der Waals surface area (Å²) in [6.45, 7) is 1.46. The SMILES string of the molecule is O=C1c2ccccc2C(=O)N1CCCCNCc1ccc(F)c(F)c1. The minimum Gasteiger partial charge on any atom is -0.313 e. The Morgan fingerprint density at radius 2 is 1.56 bits per heavy atom. The number of rotatable bonds is 7. The highest BCUT2D eigenvalue weighted by atomic mass is 19.2. The van der Waals surface area contributed by atoms with Crippen molar-refractivity contribution in [2.24, 2.45) is 0 Å². The van der Waals surface area contributed by atoms with E-state index in [1.54, 1.807) is 24.3 Å². The smallest absolute Gasteiger partial charge is 0.261 e. The van der Waals surface area contributed by atoms with Crippen LogP contribution in [0.2, 0.25) is 0 Å². The number of nitrogens with one attached hydrogen (secondary N) is 1. The van der Waals surface area contributed by atoms with Gasteiger partial charge in [-0.15, -0.1) is 0 Å². The zero-order chi connectivity index (χ0) is 17.8. The average molecular weight is 344 g/mol. The molecule has 2 aromatic rings. The van der Waals surface area contributed by atoms with Crippen LogP contribution in [0.1, 0.15) is 39.1 Å². The van der Waals surface area contributed by atoms with E-state index in [-0.39, 0.29) is 11.8 Å². The van der Waals surface area contributed by atoms with E-state index >= 15 is 0 Å². The highest BCUT2D eigenvalue weighted by Crippen LogP contribution is 2.22. The van der Waals surface area contributed by atoms with Gasteiger partial charge < -0.3 is 5.32 Å². The van der Waals surface area contributed by atoms with Crippen molar-refractivity contribution in [3.8, 4) is 0 Å². The zero-order valence-corrected chi connectivity index (χ0v) is 13.6. The third-order valence-corrected chi connectivity index (χ3v) is 4.18. The molecular formula is C19H18F2N2O2. The Balaban J connectivity index is 1.40. The van der Waals surface area contributed by atoms with Crippen LogP contribution in [-0.2, 0) is 6.54 Å². The van der Waals surface area contributed by atoms with Crippen LogP contribution in [0.5, 0.6) is 0 Å². The number of benzene rings is 2. The fourth-order valence-corrected chi connectivity index (χ4v) is 2.84. The van der Waals surface area contributed by atoms with Crippen LogP contribution in [-0.4, -0.2) is 29.8 Å². The van der Waals surface area contributed by atoms with Crippen LogP contribution < -0.4 is 5.32 Å². The summed E-state index contributed by atoms with van der Waals surface area (Å²) in [5, 5.41) is 3.14. The van der Waals surface area contributed by atoms with Crippen molar-refractivity contribution in [2.45, 2.75) is 19.4 Å². The molecule has 0 bridgehead atoms. The molecule has 3 rings (SSSR count). The highest BCUT2D eigenvalue weighted by Gasteiger charge is 2.34. The number of amides is 2. The summed E-state index contributed by atoms with van der Waals surface area (Å²) in [5.41, 5.74) is 1.59. The van der Waals surface area contributed by atoms with E-state index in [2.05, 4.69) is 5.32 Å². The van der Waals surface area contributed by atoms with Crippen molar-refractivity contribution < 1.29 is 18.4 Å². The van der Waals surface area contributed by atoms with Crippen molar-refractivity contribution in [2.75, 3.05) is 13.1 Å². The second-order valence-electron chi connectivity index (χ2n) is 5.94. The summed E-state index contributed by atoms with van der Waals surface area (Å²) >= 11 is 0. The minimum atomic E-state index is -0.857. The van der Waals surface area contributed by atoms with Crippen LogP contribution in [0.3, 0.4) is 0 Å². The first-order chi connectivity index (χ1) is 12.1. The Hall–Kier alpha value is -2.60. The normalized spacial score (nSPS) is 13.4. The van der Waals surface area contributed by atoms with Crippen LogP contribution in [0.4, 0.5) is 8.78 Å². The van der Waals surface area contributed by atoms with Gasteiger partial charge in [0, 0.05) is 13.1 Å². The molecule has 2 aromatic carbocycles. The second kappa shape index (κ2) is 7.53. The van der Waals surface area contributed by atoms with E-state index in [1.165, 1.54) is 17.0 Å². The lowest BCUT2D eigenvalue weighted by Gasteiger charge is -2.13. The first-order valence-electron chi connectivity index (χ1n) is 8.18. The van der Waals surface area contributed by atoms with E-state index in [1.807, 2.05) is 0 Å². The van der Waals surface area contributed by atoms with Gasteiger partial charge in [0.05, 0.1) is 11.1 Å². The number of imide groups is 1. The summed E-state index contributed by atoms with van der Waals surface area (Å²) in [4.78, 5) is 25.7.